The summed E-state index contributed by atoms with van der Waals surface area (Å²) in [7, 11) is 1.42. The van der Waals surface area contributed by atoms with E-state index in [-0.39, 0.29) is 17.0 Å². The van der Waals surface area contributed by atoms with Crippen molar-refractivity contribution < 1.29 is 23.4 Å². The van der Waals surface area contributed by atoms with Crippen molar-refractivity contribution in [2.75, 3.05) is 25.2 Å². The zero-order valence-electron chi connectivity index (χ0n) is 15.6. The smallest absolute Gasteiger partial charge is 0.421 e. The number of fused-ring (bicyclic) bond motifs is 1. The molecule has 0 bridgehead atoms. The molecule has 146 valence electrons. The number of methoxy groups -OCH3 is 1. The highest BCUT2D eigenvalue weighted by Gasteiger charge is 2.40. The first-order chi connectivity index (χ1) is 12.2. The number of hydrogen-bond donors (Lipinski definition) is 2. The van der Waals surface area contributed by atoms with Gasteiger partial charge in [-0.2, -0.15) is 8.78 Å². The summed E-state index contributed by atoms with van der Waals surface area (Å²) in [5, 5.41) is 12.5. The lowest BCUT2D eigenvalue weighted by molar-refractivity contribution is -0.201. The minimum absolute atomic E-state index is 0.0369. The second kappa shape index (κ2) is 7.19. The first-order valence-electron chi connectivity index (χ1n) is 9.15. The highest BCUT2D eigenvalue weighted by molar-refractivity contribution is 5.58. The van der Waals surface area contributed by atoms with E-state index < -0.39 is 12.7 Å². The van der Waals surface area contributed by atoms with Gasteiger partial charge < -0.3 is 24.8 Å². The van der Waals surface area contributed by atoms with Gasteiger partial charge in [0.2, 0.25) is 0 Å². The third-order valence-electron chi connectivity index (χ3n) is 5.19. The van der Waals surface area contributed by atoms with E-state index in [1.165, 1.54) is 26.0 Å². The van der Waals surface area contributed by atoms with Crippen LogP contribution in [0.25, 0.3) is 0 Å². The maximum absolute atomic E-state index is 13.4. The maximum Gasteiger partial charge on any atom is 0.421 e. The van der Waals surface area contributed by atoms with Gasteiger partial charge in [-0.05, 0) is 38.8 Å². The number of ether oxygens (including phenoxy) is 2. The number of hydrogen-bond acceptors (Lipinski definition) is 5. The van der Waals surface area contributed by atoms with Crippen molar-refractivity contribution in [1.29, 1.82) is 0 Å². The number of aliphatic hydroxyl groups excluding tert-OH is 1. The van der Waals surface area contributed by atoms with Crippen LogP contribution in [0.15, 0.2) is 18.2 Å². The molecule has 3 rings (SSSR count). The molecule has 2 atom stereocenters. The zero-order valence-corrected chi connectivity index (χ0v) is 15.6. The van der Waals surface area contributed by atoms with Gasteiger partial charge in [-0.25, -0.2) is 0 Å². The van der Waals surface area contributed by atoms with Crippen LogP contribution in [0.1, 0.15) is 39.5 Å². The van der Waals surface area contributed by atoms with Crippen molar-refractivity contribution in [3.8, 4) is 11.5 Å². The Kier molecular flexibility index (Phi) is 5.30. The Labute approximate surface area is 153 Å². The van der Waals surface area contributed by atoms with Gasteiger partial charge in [0, 0.05) is 35.9 Å². The van der Waals surface area contributed by atoms with Gasteiger partial charge in [-0.15, -0.1) is 0 Å². The molecule has 2 N–H and O–H groups in total. The van der Waals surface area contributed by atoms with Crippen LogP contribution in [0.4, 0.5) is 14.5 Å². The number of piperazine rings is 1. The predicted molar refractivity (Wildman–Crippen MR) is 96.3 cm³/mol. The third-order valence-corrected chi connectivity index (χ3v) is 5.19. The zero-order chi connectivity index (χ0) is 18.9. The van der Waals surface area contributed by atoms with E-state index in [1.807, 2.05) is 0 Å². The molecule has 1 aliphatic heterocycles. The van der Waals surface area contributed by atoms with Crippen LogP contribution in [-0.4, -0.2) is 49.1 Å². The highest BCUT2D eigenvalue weighted by Crippen LogP contribution is 2.39. The van der Waals surface area contributed by atoms with E-state index in [0.29, 0.717) is 12.1 Å². The molecule has 0 spiro atoms. The summed E-state index contributed by atoms with van der Waals surface area (Å²) in [4.78, 5) is 2.36. The number of aliphatic hydroxyl groups is 1. The lowest BCUT2D eigenvalue weighted by Gasteiger charge is -2.52. The minimum atomic E-state index is -3.64. The molecule has 1 saturated carbocycles. The molecule has 7 heteroatoms. The van der Waals surface area contributed by atoms with Crippen molar-refractivity contribution >= 4 is 5.69 Å². The molecule has 1 aromatic rings. The Morgan fingerprint density at radius 2 is 2.00 bits per heavy atom. The van der Waals surface area contributed by atoms with E-state index in [0.717, 1.165) is 25.1 Å². The summed E-state index contributed by atoms with van der Waals surface area (Å²) >= 11 is 0. The second-order valence-electron chi connectivity index (χ2n) is 7.85. The number of nitrogens with one attached hydrogen (secondary N) is 1. The predicted octanol–water partition coefficient (Wildman–Crippen LogP) is 3.16. The largest absolute Gasteiger partial charge is 0.493 e. The van der Waals surface area contributed by atoms with E-state index in [2.05, 4.69) is 28.8 Å². The van der Waals surface area contributed by atoms with Gasteiger partial charge in [0.05, 0.1) is 7.11 Å². The van der Waals surface area contributed by atoms with Gasteiger partial charge in [0.25, 0.3) is 0 Å². The summed E-state index contributed by atoms with van der Waals surface area (Å²) < 4.78 is 36.7. The summed E-state index contributed by atoms with van der Waals surface area (Å²) in [5.74, 6) is 0.157. The fraction of sp³-hybridized carbons (Fsp3) is 0.684. The third kappa shape index (κ3) is 4.04. The Balaban J connectivity index is 1.89. The first-order valence-corrected chi connectivity index (χ1v) is 9.15. The van der Waals surface area contributed by atoms with Crippen LogP contribution in [0, 0.1) is 0 Å². The van der Waals surface area contributed by atoms with Gasteiger partial charge in [-0.3, -0.25) is 0 Å². The van der Waals surface area contributed by atoms with Crippen LogP contribution >= 0.6 is 0 Å². The molecule has 2 aliphatic rings. The van der Waals surface area contributed by atoms with Crippen molar-refractivity contribution in [1.82, 2.24) is 5.32 Å². The average molecular weight is 370 g/mol. The molecule has 1 heterocycles. The Bertz CT molecular complexity index is 639. The van der Waals surface area contributed by atoms with E-state index in [1.54, 1.807) is 12.1 Å². The van der Waals surface area contributed by atoms with Gasteiger partial charge in [0.1, 0.15) is 6.61 Å². The van der Waals surface area contributed by atoms with E-state index in [9.17, 15) is 8.78 Å². The van der Waals surface area contributed by atoms with E-state index >= 15 is 0 Å². The van der Waals surface area contributed by atoms with Crippen LogP contribution < -0.4 is 19.7 Å². The standard InChI is InChI=1S/C19H28F2N2O3/c1-18(2)11-23(15-7-5-4-6-14(15)22-18)13-8-9-16(17(10-13)25-3)26-19(20,21)12-24/h8-10,14-15,22,24H,4-7,11-12H2,1-3H3/t14-,15-/m0/s1. The second-order valence-corrected chi connectivity index (χ2v) is 7.85. The van der Waals surface area contributed by atoms with Crippen LogP contribution in [-0.2, 0) is 0 Å². The molecule has 2 fully saturated rings. The Morgan fingerprint density at radius 1 is 1.27 bits per heavy atom. The molecule has 1 saturated heterocycles. The monoisotopic (exact) mass is 370 g/mol. The molecular weight excluding hydrogens is 342 g/mol. The van der Waals surface area contributed by atoms with Gasteiger partial charge in [0.15, 0.2) is 11.5 Å². The van der Waals surface area contributed by atoms with Crippen LogP contribution in [0.2, 0.25) is 0 Å². The molecule has 0 aromatic heterocycles. The fourth-order valence-electron chi connectivity index (χ4n) is 4.14. The number of anilines is 1. The fourth-order valence-corrected chi connectivity index (χ4v) is 4.14. The average Bonchev–Trinajstić information content (AvgIpc) is 2.60. The van der Waals surface area contributed by atoms with Crippen molar-refractivity contribution in [3.63, 3.8) is 0 Å². The SMILES string of the molecule is COc1cc(N2CC(C)(C)N[C@H]3CCCC[C@@H]32)ccc1OC(F)(F)CO. The topological polar surface area (TPSA) is 54.0 Å². The molecular formula is C19H28F2N2O3. The number of rotatable bonds is 5. The molecule has 0 unspecified atom stereocenters. The first kappa shape index (κ1) is 19.2. The molecule has 0 amide bonds. The number of benzene rings is 1. The van der Waals surface area contributed by atoms with Crippen molar-refractivity contribution in [2.24, 2.45) is 0 Å². The Morgan fingerprint density at radius 3 is 2.69 bits per heavy atom. The summed E-state index contributed by atoms with van der Waals surface area (Å²) in [6, 6.07) is 5.83. The minimum Gasteiger partial charge on any atom is -0.493 e. The quantitative estimate of drug-likeness (QED) is 0.834. The maximum atomic E-state index is 13.4. The normalized spacial score (nSPS) is 25.5. The van der Waals surface area contributed by atoms with Gasteiger partial charge in [-0.1, -0.05) is 12.8 Å². The summed E-state index contributed by atoms with van der Waals surface area (Å²) in [5.41, 5.74) is 0.901. The molecule has 1 aromatic carbocycles. The molecule has 0 radical (unpaired) electrons. The number of nitrogens with zero attached hydrogens (tertiary/aromatic N) is 1. The highest BCUT2D eigenvalue weighted by atomic mass is 19.3. The number of alkyl halides is 2. The number of halogens is 2. The van der Waals surface area contributed by atoms with E-state index in [4.69, 9.17) is 9.84 Å². The van der Waals surface area contributed by atoms with Crippen LogP contribution in [0.3, 0.4) is 0 Å². The Hall–Kier alpha value is -1.60. The molecule has 5 nitrogen and oxygen atoms in total. The lowest BCUT2D eigenvalue weighted by Crippen LogP contribution is -2.67. The molecule has 1 aliphatic carbocycles. The summed E-state index contributed by atoms with van der Waals surface area (Å²) in [6.07, 6.45) is 1.04. The lowest BCUT2D eigenvalue weighted by atomic mass is 9.83. The van der Waals surface area contributed by atoms with Gasteiger partial charge >= 0.3 is 6.11 Å². The van der Waals surface area contributed by atoms with Crippen molar-refractivity contribution in [3.05, 3.63) is 18.2 Å². The van der Waals surface area contributed by atoms with Crippen molar-refractivity contribution in [2.45, 2.75) is 63.3 Å². The summed E-state index contributed by atoms with van der Waals surface area (Å²) in [6.45, 7) is 3.81. The molecule has 26 heavy (non-hydrogen) atoms. The van der Waals surface area contributed by atoms with Crippen LogP contribution in [0.5, 0.6) is 11.5 Å².